The Morgan fingerprint density at radius 3 is 1.17 bits per heavy atom. The normalized spacial score (nSPS) is 19.5. The Balaban J connectivity index is 1.25. The molecule has 6 N–H and O–H groups in total. The molecule has 266 valence electrons. The van der Waals surface area contributed by atoms with Crippen LogP contribution in [0.25, 0.3) is 0 Å². The Morgan fingerprint density at radius 1 is 0.458 bits per heavy atom. The average Bonchev–Trinajstić information content (AvgIpc) is 3.81. The molecule has 0 unspecified atom stereocenters. The summed E-state index contributed by atoms with van der Waals surface area (Å²) in [5, 5.41) is 18.6. The third-order valence-electron chi connectivity index (χ3n) is 10.6. The highest BCUT2D eigenvalue weighted by atomic mass is 16.2. The Hall–Kier alpha value is -3.44. The molecule has 1 aromatic heterocycles. The zero-order valence-electron chi connectivity index (χ0n) is 28.8. The van der Waals surface area contributed by atoms with Crippen molar-refractivity contribution in [3.05, 3.63) is 11.4 Å². The molecule has 0 radical (unpaired) electrons. The summed E-state index contributed by atoms with van der Waals surface area (Å²) in [6, 6.07) is 0.273. The first-order chi connectivity index (χ1) is 23.4. The van der Waals surface area contributed by atoms with E-state index in [0.29, 0.717) is 49.4 Å². The predicted molar refractivity (Wildman–Crippen MR) is 187 cm³/mol. The zero-order valence-corrected chi connectivity index (χ0v) is 28.8. The molecule has 12 heteroatoms. The monoisotopic (exact) mass is 666 g/mol. The Kier molecular flexibility index (Phi) is 14.1. The predicted octanol–water partition coefficient (Wildman–Crippen LogP) is 4.82. The van der Waals surface area contributed by atoms with E-state index >= 15 is 0 Å². The lowest BCUT2D eigenvalue weighted by Crippen LogP contribution is -2.38. The molecular weight excluding hydrogens is 608 g/mol. The van der Waals surface area contributed by atoms with Gasteiger partial charge in [-0.25, -0.2) is 9.97 Å². The summed E-state index contributed by atoms with van der Waals surface area (Å²) in [5.74, 6) is 0.798. The largest absolute Gasteiger partial charge is 0.365 e. The first-order valence-corrected chi connectivity index (χ1v) is 19.0. The van der Waals surface area contributed by atoms with Crippen LogP contribution < -0.4 is 31.9 Å². The van der Waals surface area contributed by atoms with E-state index in [2.05, 4.69) is 31.9 Å². The van der Waals surface area contributed by atoms with Crippen molar-refractivity contribution < 1.29 is 19.2 Å². The van der Waals surface area contributed by atoms with Crippen molar-refractivity contribution in [3.8, 4) is 0 Å². The number of carbonyl (C=O) groups is 4. The highest BCUT2D eigenvalue weighted by Crippen LogP contribution is 2.29. The SMILES string of the molecule is O=C(CC1CCCC1)NCCNC(=O)c1nc(NC2CCCCC2)c(C(=O)NCCNC(=O)CC2CCCC2)nc1NC1CCCCC1. The number of anilines is 2. The molecule has 0 saturated heterocycles. The van der Waals surface area contributed by atoms with E-state index in [4.69, 9.17) is 9.97 Å². The summed E-state index contributed by atoms with van der Waals surface area (Å²) in [7, 11) is 0. The molecule has 0 aliphatic heterocycles. The number of aromatic nitrogens is 2. The van der Waals surface area contributed by atoms with Crippen molar-refractivity contribution in [1.29, 1.82) is 0 Å². The van der Waals surface area contributed by atoms with Gasteiger partial charge < -0.3 is 31.9 Å². The fourth-order valence-electron chi connectivity index (χ4n) is 7.85. The van der Waals surface area contributed by atoms with Crippen molar-refractivity contribution in [1.82, 2.24) is 31.2 Å². The van der Waals surface area contributed by atoms with E-state index in [9.17, 15) is 19.2 Å². The van der Waals surface area contributed by atoms with Crippen LogP contribution in [0.2, 0.25) is 0 Å². The molecule has 1 heterocycles. The van der Waals surface area contributed by atoms with Gasteiger partial charge in [0, 0.05) is 51.1 Å². The number of nitrogens with one attached hydrogen (secondary N) is 6. The summed E-state index contributed by atoms with van der Waals surface area (Å²) in [6.07, 6.45) is 20.9. The van der Waals surface area contributed by atoms with Crippen LogP contribution in [0.3, 0.4) is 0 Å². The van der Waals surface area contributed by atoms with Gasteiger partial charge in [0.05, 0.1) is 0 Å². The molecule has 0 atom stereocenters. The molecule has 12 nitrogen and oxygen atoms in total. The minimum atomic E-state index is -0.394. The fourth-order valence-corrected chi connectivity index (χ4v) is 7.85. The maximum atomic E-state index is 13.6. The molecule has 4 fully saturated rings. The van der Waals surface area contributed by atoms with Gasteiger partial charge in [0.2, 0.25) is 11.8 Å². The van der Waals surface area contributed by atoms with Gasteiger partial charge in [-0.2, -0.15) is 0 Å². The summed E-state index contributed by atoms with van der Waals surface area (Å²) >= 11 is 0. The Labute approximate surface area is 285 Å². The molecule has 4 amide bonds. The third kappa shape index (κ3) is 11.3. The van der Waals surface area contributed by atoms with Crippen LogP contribution in [-0.2, 0) is 9.59 Å². The van der Waals surface area contributed by atoms with Crippen LogP contribution in [0.15, 0.2) is 0 Å². The van der Waals surface area contributed by atoms with E-state index in [1.807, 2.05) is 0 Å². The number of carbonyl (C=O) groups excluding carboxylic acids is 4. The highest BCUT2D eigenvalue weighted by Gasteiger charge is 2.27. The summed E-state index contributed by atoms with van der Waals surface area (Å²) < 4.78 is 0. The van der Waals surface area contributed by atoms with Gasteiger partial charge in [-0.3, -0.25) is 19.2 Å². The van der Waals surface area contributed by atoms with Crippen molar-refractivity contribution in [2.75, 3.05) is 36.8 Å². The van der Waals surface area contributed by atoms with Gasteiger partial charge in [-0.05, 0) is 63.2 Å². The first kappa shape index (κ1) is 35.9. The first-order valence-electron chi connectivity index (χ1n) is 19.0. The highest BCUT2D eigenvalue weighted by molar-refractivity contribution is 6.01. The minimum Gasteiger partial charge on any atom is -0.365 e. The van der Waals surface area contributed by atoms with Gasteiger partial charge in [0.1, 0.15) is 0 Å². The topological polar surface area (TPSA) is 166 Å². The van der Waals surface area contributed by atoms with Crippen molar-refractivity contribution in [2.24, 2.45) is 11.8 Å². The molecule has 1 aromatic rings. The average molecular weight is 667 g/mol. The Bertz CT molecular complexity index is 1120. The lowest BCUT2D eigenvalue weighted by Gasteiger charge is -2.27. The quantitative estimate of drug-likeness (QED) is 0.137. The van der Waals surface area contributed by atoms with Crippen LogP contribution in [0.4, 0.5) is 11.6 Å². The molecule has 5 rings (SSSR count). The smallest absolute Gasteiger partial charge is 0.273 e. The van der Waals surface area contributed by atoms with E-state index in [1.54, 1.807) is 0 Å². The van der Waals surface area contributed by atoms with E-state index in [1.165, 1.54) is 38.5 Å². The standard InChI is InChI=1S/C36H58N8O4/c45-29(23-25-11-7-8-12-25)37-19-21-39-35(47)31-33(41-27-15-3-1-4-16-27)43-32(34(44-31)42-28-17-5-2-6-18-28)36(48)40-22-20-38-30(46)24-26-13-9-10-14-26/h25-28H,1-24H2,(H,37,45)(H,38,46)(H,39,47)(H,40,48)(H,41,43)(H,42,44). The van der Waals surface area contributed by atoms with E-state index in [0.717, 1.165) is 77.0 Å². The minimum absolute atomic E-state index is 0.0262. The molecule has 0 bridgehead atoms. The maximum absolute atomic E-state index is 13.6. The fraction of sp³-hybridized carbons (Fsp3) is 0.778. The molecule has 0 aromatic carbocycles. The van der Waals surface area contributed by atoms with Crippen LogP contribution in [0.5, 0.6) is 0 Å². The van der Waals surface area contributed by atoms with Crippen molar-refractivity contribution in [2.45, 2.75) is 141 Å². The van der Waals surface area contributed by atoms with Gasteiger partial charge >= 0.3 is 0 Å². The lowest BCUT2D eigenvalue weighted by molar-refractivity contribution is -0.122. The van der Waals surface area contributed by atoms with Crippen LogP contribution in [-0.4, -0.2) is 71.9 Å². The van der Waals surface area contributed by atoms with Gasteiger partial charge in [0.25, 0.3) is 11.8 Å². The van der Waals surface area contributed by atoms with Crippen LogP contribution in [0, 0.1) is 11.8 Å². The van der Waals surface area contributed by atoms with E-state index in [-0.39, 0.29) is 48.4 Å². The van der Waals surface area contributed by atoms with Gasteiger partial charge in [0.15, 0.2) is 23.0 Å². The second-order valence-electron chi connectivity index (χ2n) is 14.5. The molecule has 4 aliphatic carbocycles. The molecule has 4 saturated carbocycles. The number of hydrogen-bond donors (Lipinski definition) is 6. The van der Waals surface area contributed by atoms with Gasteiger partial charge in [-0.1, -0.05) is 64.2 Å². The van der Waals surface area contributed by atoms with Crippen LogP contribution >= 0.6 is 0 Å². The second-order valence-corrected chi connectivity index (χ2v) is 14.5. The number of nitrogens with zero attached hydrogens (tertiary/aromatic N) is 2. The van der Waals surface area contributed by atoms with Crippen molar-refractivity contribution >= 4 is 35.3 Å². The molecule has 48 heavy (non-hydrogen) atoms. The summed E-state index contributed by atoms with van der Waals surface area (Å²) in [5.41, 5.74) is 0.291. The molecule has 4 aliphatic rings. The van der Waals surface area contributed by atoms with Crippen LogP contribution in [0.1, 0.15) is 149 Å². The number of amides is 4. The second kappa shape index (κ2) is 18.9. The number of rotatable bonds is 16. The lowest BCUT2D eigenvalue weighted by atomic mass is 9.95. The third-order valence-corrected chi connectivity index (χ3v) is 10.6. The van der Waals surface area contributed by atoms with Crippen molar-refractivity contribution in [3.63, 3.8) is 0 Å². The zero-order chi connectivity index (χ0) is 33.6. The number of hydrogen-bond acceptors (Lipinski definition) is 8. The molecular formula is C36H58N8O4. The van der Waals surface area contributed by atoms with Gasteiger partial charge in [-0.15, -0.1) is 0 Å². The Morgan fingerprint density at radius 2 is 0.792 bits per heavy atom. The summed E-state index contributed by atoms with van der Waals surface area (Å²) in [6.45, 7) is 1.20. The van der Waals surface area contributed by atoms with E-state index < -0.39 is 11.8 Å². The summed E-state index contributed by atoms with van der Waals surface area (Å²) in [4.78, 5) is 61.6. The molecule has 0 spiro atoms. The maximum Gasteiger partial charge on any atom is 0.273 e.